The van der Waals surface area contributed by atoms with Gasteiger partial charge in [-0.1, -0.05) is 63.2 Å². The van der Waals surface area contributed by atoms with Crippen molar-refractivity contribution in [2.24, 2.45) is 0 Å². The van der Waals surface area contributed by atoms with Gasteiger partial charge >= 0.3 is 0 Å². The third-order valence-corrected chi connectivity index (χ3v) is 4.65. The van der Waals surface area contributed by atoms with Gasteiger partial charge in [0.1, 0.15) is 0 Å². The van der Waals surface area contributed by atoms with Crippen molar-refractivity contribution in [2.45, 2.75) is 45.1 Å². The second-order valence-corrected chi connectivity index (χ2v) is 7.12. The molecule has 0 saturated carbocycles. The average Bonchev–Trinajstić information content (AvgIpc) is 2.88. The molecule has 1 nitrogen and oxygen atoms in total. The van der Waals surface area contributed by atoms with Gasteiger partial charge in [-0.3, -0.25) is 0 Å². The number of fused-ring (bicyclic) bond motifs is 1. The van der Waals surface area contributed by atoms with Crippen LogP contribution in [0.3, 0.4) is 0 Å². The highest BCUT2D eigenvalue weighted by Gasteiger charge is 2.21. The Morgan fingerprint density at radius 1 is 0.952 bits per heavy atom. The van der Waals surface area contributed by atoms with Crippen LogP contribution in [0.1, 0.15) is 49.9 Å². The molecule has 0 heterocycles. The lowest BCUT2D eigenvalue weighted by Gasteiger charge is -2.19. The first-order valence-electron chi connectivity index (χ1n) is 7.90. The summed E-state index contributed by atoms with van der Waals surface area (Å²) in [5.74, 6) is 0. The maximum Gasteiger partial charge on any atom is 0.0323 e. The summed E-state index contributed by atoms with van der Waals surface area (Å²) in [6, 6.07) is 16.5. The fraction of sp³-hybridized carbons (Fsp3) is 0.400. The Bertz CT molecular complexity index is 632. The van der Waals surface area contributed by atoms with Crippen LogP contribution in [-0.2, 0) is 11.8 Å². The molecule has 3 rings (SSSR count). The fourth-order valence-electron chi connectivity index (χ4n) is 3.26. The summed E-state index contributed by atoms with van der Waals surface area (Å²) < 4.78 is 0. The zero-order chi connectivity index (χ0) is 15.0. The minimum atomic E-state index is 0.219. The van der Waals surface area contributed by atoms with E-state index in [9.17, 15) is 0 Å². The van der Waals surface area contributed by atoms with Crippen molar-refractivity contribution in [1.29, 1.82) is 0 Å². The van der Waals surface area contributed by atoms with Gasteiger partial charge in [-0.15, -0.1) is 0 Å². The first-order chi connectivity index (χ1) is 9.99. The first-order valence-corrected chi connectivity index (χ1v) is 7.90. The Morgan fingerprint density at radius 2 is 1.62 bits per heavy atom. The molecule has 1 heteroatoms. The van der Waals surface area contributed by atoms with Gasteiger partial charge in [0.05, 0.1) is 0 Å². The standard InChI is InChI=1S/C20H25N/c1-20(2,3)17-9-5-14(6-10-17)15-7-11-18-16(13-15)8-12-19(18)21-4/h5-7,9-11,13,19,21H,8,12H2,1-4H3. The second kappa shape index (κ2) is 5.31. The van der Waals surface area contributed by atoms with Gasteiger partial charge in [0, 0.05) is 6.04 Å². The summed E-state index contributed by atoms with van der Waals surface area (Å²) in [4.78, 5) is 0. The Morgan fingerprint density at radius 3 is 2.24 bits per heavy atom. The maximum absolute atomic E-state index is 3.40. The van der Waals surface area contributed by atoms with Crippen LogP contribution >= 0.6 is 0 Å². The van der Waals surface area contributed by atoms with Crippen molar-refractivity contribution in [3.8, 4) is 11.1 Å². The normalized spacial score (nSPS) is 17.8. The fourth-order valence-corrected chi connectivity index (χ4v) is 3.26. The molecule has 110 valence electrons. The number of aryl methyl sites for hydroxylation is 1. The Labute approximate surface area is 128 Å². The predicted octanol–water partition coefficient (Wildman–Crippen LogP) is 4.86. The van der Waals surface area contributed by atoms with Crippen LogP contribution in [0.25, 0.3) is 11.1 Å². The van der Waals surface area contributed by atoms with Crippen LogP contribution in [0.5, 0.6) is 0 Å². The SMILES string of the molecule is CNC1CCc2cc(-c3ccc(C(C)(C)C)cc3)ccc21. The highest BCUT2D eigenvalue weighted by atomic mass is 14.9. The lowest BCUT2D eigenvalue weighted by molar-refractivity contribution is 0.590. The second-order valence-electron chi connectivity index (χ2n) is 7.12. The molecule has 2 aromatic carbocycles. The van der Waals surface area contributed by atoms with Crippen molar-refractivity contribution in [1.82, 2.24) is 5.32 Å². The van der Waals surface area contributed by atoms with Gasteiger partial charge in [0.2, 0.25) is 0 Å². The molecule has 1 unspecified atom stereocenters. The van der Waals surface area contributed by atoms with Crippen molar-refractivity contribution < 1.29 is 0 Å². The number of hydrogen-bond donors (Lipinski definition) is 1. The molecule has 0 bridgehead atoms. The lowest BCUT2D eigenvalue weighted by Crippen LogP contribution is -2.12. The van der Waals surface area contributed by atoms with E-state index in [2.05, 4.69) is 75.6 Å². The summed E-state index contributed by atoms with van der Waals surface area (Å²) >= 11 is 0. The molecular weight excluding hydrogens is 254 g/mol. The largest absolute Gasteiger partial charge is 0.313 e. The Balaban J connectivity index is 1.92. The number of nitrogens with one attached hydrogen (secondary N) is 1. The van der Waals surface area contributed by atoms with Gasteiger partial charge in [-0.05, 0) is 53.1 Å². The molecule has 0 saturated heterocycles. The molecule has 0 radical (unpaired) electrons. The Kier molecular flexibility index (Phi) is 3.62. The van der Waals surface area contributed by atoms with E-state index in [1.54, 1.807) is 0 Å². The molecule has 1 aliphatic rings. The van der Waals surface area contributed by atoms with Crippen LogP contribution in [0.4, 0.5) is 0 Å². The van der Waals surface area contributed by atoms with Gasteiger partial charge in [-0.25, -0.2) is 0 Å². The zero-order valence-corrected chi connectivity index (χ0v) is 13.5. The van der Waals surface area contributed by atoms with Crippen LogP contribution in [0.2, 0.25) is 0 Å². The third-order valence-electron chi connectivity index (χ3n) is 4.65. The topological polar surface area (TPSA) is 12.0 Å². The van der Waals surface area contributed by atoms with Crippen LogP contribution in [0.15, 0.2) is 42.5 Å². The number of benzene rings is 2. The minimum Gasteiger partial charge on any atom is -0.313 e. The van der Waals surface area contributed by atoms with Gasteiger partial charge in [-0.2, -0.15) is 0 Å². The monoisotopic (exact) mass is 279 g/mol. The molecule has 0 spiro atoms. The summed E-state index contributed by atoms with van der Waals surface area (Å²) in [5.41, 5.74) is 7.25. The Hall–Kier alpha value is -1.60. The van der Waals surface area contributed by atoms with Crippen LogP contribution in [-0.4, -0.2) is 7.05 Å². The highest BCUT2D eigenvalue weighted by molar-refractivity contribution is 5.66. The van der Waals surface area contributed by atoms with Crippen molar-refractivity contribution in [3.05, 3.63) is 59.2 Å². The van der Waals surface area contributed by atoms with E-state index in [1.165, 1.54) is 40.7 Å². The summed E-state index contributed by atoms with van der Waals surface area (Å²) in [6.07, 6.45) is 2.41. The van der Waals surface area contributed by atoms with Gasteiger partial charge < -0.3 is 5.32 Å². The van der Waals surface area contributed by atoms with E-state index < -0.39 is 0 Å². The van der Waals surface area contributed by atoms with Crippen molar-refractivity contribution in [3.63, 3.8) is 0 Å². The smallest absolute Gasteiger partial charge is 0.0323 e. The molecule has 2 aromatic rings. The van der Waals surface area contributed by atoms with Crippen LogP contribution < -0.4 is 5.32 Å². The third kappa shape index (κ3) is 2.75. The van der Waals surface area contributed by atoms with E-state index in [-0.39, 0.29) is 5.41 Å². The predicted molar refractivity (Wildman–Crippen MR) is 90.7 cm³/mol. The number of hydrogen-bond acceptors (Lipinski definition) is 1. The van der Waals surface area contributed by atoms with E-state index in [0.717, 1.165) is 0 Å². The minimum absolute atomic E-state index is 0.219. The van der Waals surface area contributed by atoms with E-state index in [4.69, 9.17) is 0 Å². The van der Waals surface area contributed by atoms with Crippen molar-refractivity contribution in [2.75, 3.05) is 7.05 Å². The molecular formula is C20H25N. The highest BCUT2D eigenvalue weighted by Crippen LogP contribution is 2.34. The molecule has 1 aliphatic carbocycles. The molecule has 1 N–H and O–H groups in total. The maximum atomic E-state index is 3.40. The summed E-state index contributed by atoms with van der Waals surface area (Å²) in [5, 5.41) is 3.40. The van der Waals surface area contributed by atoms with Gasteiger partial charge in [0.25, 0.3) is 0 Å². The first kappa shape index (κ1) is 14.3. The average molecular weight is 279 g/mol. The molecule has 21 heavy (non-hydrogen) atoms. The van der Waals surface area contributed by atoms with E-state index in [1.807, 2.05) is 0 Å². The lowest BCUT2D eigenvalue weighted by atomic mass is 9.86. The molecule has 0 fully saturated rings. The number of rotatable bonds is 2. The van der Waals surface area contributed by atoms with Gasteiger partial charge in [0.15, 0.2) is 0 Å². The quantitative estimate of drug-likeness (QED) is 0.828. The summed E-state index contributed by atoms with van der Waals surface area (Å²) in [7, 11) is 2.05. The molecule has 0 aliphatic heterocycles. The van der Waals surface area contributed by atoms with E-state index in [0.29, 0.717) is 6.04 Å². The zero-order valence-electron chi connectivity index (χ0n) is 13.5. The van der Waals surface area contributed by atoms with E-state index >= 15 is 0 Å². The van der Waals surface area contributed by atoms with Crippen LogP contribution in [0, 0.1) is 0 Å². The molecule has 0 aromatic heterocycles. The summed E-state index contributed by atoms with van der Waals surface area (Å²) in [6.45, 7) is 6.78. The molecule has 1 atom stereocenters. The molecule has 0 amide bonds. The van der Waals surface area contributed by atoms with Crippen molar-refractivity contribution >= 4 is 0 Å².